The zero-order valence-corrected chi connectivity index (χ0v) is 16.7. The molecule has 2 aromatic carbocycles. The van der Waals surface area contributed by atoms with Crippen LogP contribution in [0.25, 0.3) is 6.08 Å². The fourth-order valence-electron chi connectivity index (χ4n) is 2.85. The van der Waals surface area contributed by atoms with E-state index in [2.05, 4.69) is 22.4 Å². The molecular formula is C23H25N3O3. The lowest BCUT2D eigenvalue weighted by atomic mass is 10.1. The van der Waals surface area contributed by atoms with E-state index in [9.17, 15) is 4.79 Å². The summed E-state index contributed by atoms with van der Waals surface area (Å²) in [4.78, 5) is 16.2. The molecule has 0 atom stereocenters. The molecule has 0 aliphatic heterocycles. The zero-order chi connectivity index (χ0) is 20.5. The van der Waals surface area contributed by atoms with Gasteiger partial charge in [0.2, 0.25) is 0 Å². The van der Waals surface area contributed by atoms with Crippen LogP contribution in [-0.2, 0) is 17.9 Å². The van der Waals surface area contributed by atoms with Gasteiger partial charge in [0.25, 0.3) is 5.91 Å². The fourth-order valence-corrected chi connectivity index (χ4v) is 2.85. The Kier molecular flexibility index (Phi) is 7.05. The van der Waals surface area contributed by atoms with Crippen molar-refractivity contribution in [2.75, 3.05) is 13.7 Å². The van der Waals surface area contributed by atoms with Crippen molar-refractivity contribution in [3.63, 3.8) is 0 Å². The maximum absolute atomic E-state index is 12.1. The molecule has 150 valence electrons. The molecular weight excluding hydrogens is 366 g/mol. The summed E-state index contributed by atoms with van der Waals surface area (Å²) in [6.45, 7) is 3.10. The van der Waals surface area contributed by atoms with Crippen molar-refractivity contribution in [2.24, 2.45) is 0 Å². The van der Waals surface area contributed by atoms with Crippen LogP contribution in [0.4, 0.5) is 0 Å². The number of hydrogen-bond acceptors (Lipinski definition) is 4. The minimum atomic E-state index is -0.188. The van der Waals surface area contributed by atoms with Crippen molar-refractivity contribution in [2.45, 2.75) is 20.0 Å². The van der Waals surface area contributed by atoms with Crippen LogP contribution in [0, 0.1) is 0 Å². The van der Waals surface area contributed by atoms with Gasteiger partial charge in [-0.3, -0.25) is 4.79 Å². The Hall–Kier alpha value is -3.54. The molecule has 6 nitrogen and oxygen atoms in total. The van der Waals surface area contributed by atoms with Crippen LogP contribution in [-0.4, -0.2) is 29.2 Å². The molecule has 0 bridgehead atoms. The predicted molar refractivity (Wildman–Crippen MR) is 113 cm³/mol. The van der Waals surface area contributed by atoms with Crippen molar-refractivity contribution < 1.29 is 14.3 Å². The van der Waals surface area contributed by atoms with Crippen LogP contribution < -0.4 is 14.8 Å². The van der Waals surface area contributed by atoms with E-state index in [-0.39, 0.29) is 12.5 Å². The first kappa shape index (κ1) is 20.2. The van der Waals surface area contributed by atoms with Gasteiger partial charge in [0.05, 0.1) is 13.4 Å². The van der Waals surface area contributed by atoms with E-state index in [1.165, 1.54) is 5.56 Å². The molecule has 0 spiro atoms. The number of amides is 1. The summed E-state index contributed by atoms with van der Waals surface area (Å²) in [6, 6.07) is 13.7. The molecule has 1 N–H and O–H groups in total. The van der Waals surface area contributed by atoms with E-state index in [1.807, 2.05) is 54.1 Å². The third-order valence-corrected chi connectivity index (χ3v) is 4.34. The lowest BCUT2D eigenvalue weighted by Gasteiger charge is -2.12. The van der Waals surface area contributed by atoms with Gasteiger partial charge < -0.3 is 19.4 Å². The summed E-state index contributed by atoms with van der Waals surface area (Å²) in [5.74, 6) is 0.953. The van der Waals surface area contributed by atoms with Gasteiger partial charge in [0, 0.05) is 25.5 Å². The van der Waals surface area contributed by atoms with Crippen molar-refractivity contribution in [1.29, 1.82) is 0 Å². The number of nitrogens with zero attached hydrogens (tertiary/aromatic N) is 2. The number of hydrogen-bond donors (Lipinski definition) is 1. The van der Waals surface area contributed by atoms with E-state index in [1.54, 1.807) is 25.7 Å². The van der Waals surface area contributed by atoms with Gasteiger partial charge in [0.15, 0.2) is 18.1 Å². The molecule has 0 unspecified atom stereocenters. The summed E-state index contributed by atoms with van der Waals surface area (Å²) >= 11 is 0. The Balaban J connectivity index is 1.47. The summed E-state index contributed by atoms with van der Waals surface area (Å²) in [5, 5.41) is 2.87. The number of ether oxygens (including phenoxy) is 2. The van der Waals surface area contributed by atoms with E-state index in [0.29, 0.717) is 18.0 Å². The highest BCUT2D eigenvalue weighted by atomic mass is 16.5. The molecule has 6 heteroatoms. The molecule has 0 saturated heterocycles. The second-order valence-electron chi connectivity index (χ2n) is 6.53. The smallest absolute Gasteiger partial charge is 0.258 e. The maximum Gasteiger partial charge on any atom is 0.258 e. The Morgan fingerprint density at radius 1 is 1.14 bits per heavy atom. The summed E-state index contributed by atoms with van der Waals surface area (Å²) in [6.07, 6.45) is 9.40. The standard InChI is InChI=1S/C23H25N3O3/c1-3-4-18-9-10-21(22(13-18)28-2)29-16-23(27)25-14-19-5-7-20(8-6-19)15-26-12-11-24-17-26/h3-13,17H,14-16H2,1-2H3,(H,25,27)/b4-3+. The number of methoxy groups -OCH3 is 1. The van der Waals surface area contributed by atoms with Gasteiger partial charge in [0.1, 0.15) is 0 Å². The molecule has 1 heterocycles. The first-order chi connectivity index (χ1) is 14.2. The lowest BCUT2D eigenvalue weighted by Crippen LogP contribution is -2.28. The Morgan fingerprint density at radius 2 is 1.93 bits per heavy atom. The second-order valence-corrected chi connectivity index (χ2v) is 6.53. The number of benzene rings is 2. The lowest BCUT2D eigenvalue weighted by molar-refractivity contribution is -0.123. The van der Waals surface area contributed by atoms with Gasteiger partial charge in [-0.1, -0.05) is 42.5 Å². The van der Waals surface area contributed by atoms with Crippen LogP contribution in [0.1, 0.15) is 23.6 Å². The number of allylic oxidation sites excluding steroid dienone is 1. The quantitative estimate of drug-likeness (QED) is 0.604. The molecule has 0 aliphatic rings. The molecule has 1 aromatic heterocycles. The van der Waals surface area contributed by atoms with Crippen LogP contribution >= 0.6 is 0 Å². The molecule has 0 saturated carbocycles. The summed E-state index contributed by atoms with van der Waals surface area (Å²) < 4.78 is 13.0. The minimum absolute atomic E-state index is 0.0714. The first-order valence-electron chi connectivity index (χ1n) is 9.41. The molecule has 1 amide bonds. The van der Waals surface area contributed by atoms with Gasteiger partial charge in [-0.25, -0.2) is 4.98 Å². The highest BCUT2D eigenvalue weighted by molar-refractivity contribution is 5.77. The van der Waals surface area contributed by atoms with E-state index >= 15 is 0 Å². The number of carbonyl (C=O) groups is 1. The number of aromatic nitrogens is 2. The fraction of sp³-hybridized carbons (Fsp3) is 0.217. The number of rotatable bonds is 9. The summed E-state index contributed by atoms with van der Waals surface area (Å²) in [5.41, 5.74) is 3.22. The molecule has 29 heavy (non-hydrogen) atoms. The molecule has 3 aromatic rings. The second kappa shape index (κ2) is 10.1. The first-order valence-corrected chi connectivity index (χ1v) is 9.41. The topological polar surface area (TPSA) is 65.4 Å². The Bertz CT molecular complexity index is 948. The third kappa shape index (κ3) is 5.97. The molecule has 0 fully saturated rings. The van der Waals surface area contributed by atoms with Gasteiger partial charge in [-0.2, -0.15) is 0 Å². The number of nitrogens with one attached hydrogen (secondary N) is 1. The molecule has 0 aliphatic carbocycles. The van der Waals surface area contributed by atoms with Crippen molar-refractivity contribution in [3.8, 4) is 11.5 Å². The highest BCUT2D eigenvalue weighted by Gasteiger charge is 2.08. The average Bonchev–Trinajstić information content (AvgIpc) is 3.25. The van der Waals surface area contributed by atoms with E-state index < -0.39 is 0 Å². The Labute approximate surface area is 170 Å². The molecule has 0 radical (unpaired) electrons. The van der Waals surface area contributed by atoms with Crippen molar-refractivity contribution in [1.82, 2.24) is 14.9 Å². The third-order valence-electron chi connectivity index (χ3n) is 4.34. The van der Waals surface area contributed by atoms with Crippen LogP contribution in [0.3, 0.4) is 0 Å². The normalized spacial score (nSPS) is 10.8. The van der Waals surface area contributed by atoms with E-state index in [4.69, 9.17) is 9.47 Å². The highest BCUT2D eigenvalue weighted by Crippen LogP contribution is 2.28. The zero-order valence-electron chi connectivity index (χ0n) is 16.7. The van der Waals surface area contributed by atoms with E-state index in [0.717, 1.165) is 17.7 Å². The number of imidazole rings is 1. The molecule has 3 rings (SSSR count). The van der Waals surface area contributed by atoms with Gasteiger partial charge >= 0.3 is 0 Å². The predicted octanol–water partition coefficient (Wildman–Crippen LogP) is 3.67. The summed E-state index contributed by atoms with van der Waals surface area (Å²) in [7, 11) is 1.58. The van der Waals surface area contributed by atoms with Crippen molar-refractivity contribution in [3.05, 3.63) is 84.0 Å². The largest absolute Gasteiger partial charge is 0.493 e. The van der Waals surface area contributed by atoms with Gasteiger partial charge in [-0.15, -0.1) is 0 Å². The Morgan fingerprint density at radius 3 is 2.62 bits per heavy atom. The number of carbonyl (C=O) groups excluding carboxylic acids is 1. The minimum Gasteiger partial charge on any atom is -0.493 e. The van der Waals surface area contributed by atoms with Crippen LogP contribution in [0.15, 0.2) is 67.3 Å². The maximum atomic E-state index is 12.1. The van der Waals surface area contributed by atoms with Crippen molar-refractivity contribution >= 4 is 12.0 Å². The van der Waals surface area contributed by atoms with Crippen LogP contribution in [0.5, 0.6) is 11.5 Å². The SMILES string of the molecule is C/C=C/c1ccc(OCC(=O)NCc2ccc(Cn3ccnc3)cc2)c(OC)c1. The monoisotopic (exact) mass is 391 g/mol. The van der Waals surface area contributed by atoms with Crippen LogP contribution in [0.2, 0.25) is 0 Å². The average molecular weight is 391 g/mol. The van der Waals surface area contributed by atoms with Gasteiger partial charge in [-0.05, 0) is 35.7 Å².